The molecule has 2 fully saturated rings. The smallest absolute Gasteiger partial charge is 0.317 e. The number of hydrogen-bond acceptors (Lipinski definition) is 4. The van der Waals surface area contributed by atoms with Gasteiger partial charge in [0.15, 0.2) is 0 Å². The van der Waals surface area contributed by atoms with Crippen LogP contribution in [0.1, 0.15) is 43.0 Å². The zero-order chi connectivity index (χ0) is 15.7. The average molecular weight is 322 g/mol. The van der Waals surface area contributed by atoms with Crippen LogP contribution in [0.5, 0.6) is 0 Å². The van der Waals surface area contributed by atoms with Crippen molar-refractivity contribution in [1.82, 2.24) is 20.1 Å². The molecule has 2 aliphatic heterocycles. The van der Waals surface area contributed by atoms with E-state index in [1.807, 2.05) is 18.0 Å². The Morgan fingerprint density at radius 1 is 1.41 bits per heavy atom. The number of aromatic nitrogens is 1. The second kappa shape index (κ2) is 6.54. The molecule has 0 radical (unpaired) electrons. The highest BCUT2D eigenvalue weighted by molar-refractivity contribution is 7.11. The summed E-state index contributed by atoms with van der Waals surface area (Å²) < 4.78 is 0. The van der Waals surface area contributed by atoms with Crippen molar-refractivity contribution >= 4 is 17.4 Å². The second-order valence-corrected chi connectivity index (χ2v) is 7.98. The summed E-state index contributed by atoms with van der Waals surface area (Å²) in [6, 6.07) is 1.83. The number of nitrogens with one attached hydrogen (secondary N) is 1. The summed E-state index contributed by atoms with van der Waals surface area (Å²) in [4.78, 5) is 22.4. The maximum Gasteiger partial charge on any atom is 0.317 e. The van der Waals surface area contributed by atoms with Crippen molar-refractivity contribution in [2.24, 2.45) is 0 Å². The van der Waals surface area contributed by atoms with E-state index < -0.39 is 0 Å². The summed E-state index contributed by atoms with van der Waals surface area (Å²) in [6.07, 6.45) is 5.46. The first-order valence-corrected chi connectivity index (χ1v) is 9.07. The molecule has 2 bridgehead atoms. The van der Waals surface area contributed by atoms with Gasteiger partial charge < -0.3 is 10.2 Å². The van der Waals surface area contributed by atoms with Crippen molar-refractivity contribution in [1.29, 1.82) is 0 Å². The molecule has 0 aliphatic carbocycles. The largest absolute Gasteiger partial charge is 0.333 e. The molecular formula is C16H26N4OS. The van der Waals surface area contributed by atoms with Gasteiger partial charge in [0.25, 0.3) is 0 Å². The SMILES string of the molecule is Cc1ncc(CNC(=O)N2CCC3CCC(C2)N3C(C)C)s1. The highest BCUT2D eigenvalue weighted by atomic mass is 32.1. The Morgan fingerprint density at radius 2 is 2.18 bits per heavy atom. The van der Waals surface area contributed by atoms with Crippen molar-refractivity contribution in [3.63, 3.8) is 0 Å². The zero-order valence-corrected chi connectivity index (χ0v) is 14.5. The molecule has 3 rings (SSSR count). The van der Waals surface area contributed by atoms with E-state index in [-0.39, 0.29) is 6.03 Å². The second-order valence-electron chi connectivity index (χ2n) is 6.66. The molecule has 2 amide bonds. The number of likely N-dealkylation sites (tertiary alicyclic amines) is 1. The molecule has 1 aromatic heterocycles. The Bertz CT molecular complexity index is 530. The Balaban J connectivity index is 1.57. The van der Waals surface area contributed by atoms with Crippen LogP contribution in [0, 0.1) is 6.92 Å². The number of carbonyl (C=O) groups excluding carboxylic acids is 1. The summed E-state index contributed by atoms with van der Waals surface area (Å²) in [5, 5.41) is 4.10. The number of amides is 2. The summed E-state index contributed by atoms with van der Waals surface area (Å²) in [5.74, 6) is 0. The minimum Gasteiger partial charge on any atom is -0.333 e. The normalized spacial score (nSPS) is 25.5. The molecule has 2 atom stereocenters. The van der Waals surface area contributed by atoms with Gasteiger partial charge >= 0.3 is 6.03 Å². The topological polar surface area (TPSA) is 48.5 Å². The number of fused-ring (bicyclic) bond motifs is 2. The van der Waals surface area contributed by atoms with E-state index in [0.29, 0.717) is 24.7 Å². The summed E-state index contributed by atoms with van der Waals surface area (Å²) in [5.41, 5.74) is 0. The first-order valence-electron chi connectivity index (χ1n) is 8.26. The summed E-state index contributed by atoms with van der Waals surface area (Å²) >= 11 is 1.64. The van der Waals surface area contributed by atoms with Crippen LogP contribution in [-0.2, 0) is 6.54 Å². The molecule has 3 heterocycles. The average Bonchev–Trinajstić information content (AvgIpc) is 2.99. The van der Waals surface area contributed by atoms with Gasteiger partial charge in [-0.15, -0.1) is 11.3 Å². The van der Waals surface area contributed by atoms with Crippen molar-refractivity contribution in [3.8, 4) is 0 Å². The van der Waals surface area contributed by atoms with Crippen molar-refractivity contribution < 1.29 is 4.79 Å². The third kappa shape index (κ3) is 3.27. The lowest BCUT2D eigenvalue weighted by Crippen LogP contribution is -2.46. The van der Waals surface area contributed by atoms with Gasteiger partial charge in [-0.2, -0.15) is 0 Å². The number of nitrogens with zero attached hydrogens (tertiary/aromatic N) is 3. The number of carbonyl (C=O) groups is 1. The first-order chi connectivity index (χ1) is 10.5. The lowest BCUT2D eigenvalue weighted by atomic mass is 10.1. The quantitative estimate of drug-likeness (QED) is 0.930. The van der Waals surface area contributed by atoms with Crippen molar-refractivity contribution in [3.05, 3.63) is 16.1 Å². The van der Waals surface area contributed by atoms with Gasteiger partial charge in [0.1, 0.15) is 0 Å². The van der Waals surface area contributed by atoms with Crippen LogP contribution in [0.3, 0.4) is 0 Å². The fourth-order valence-corrected chi connectivity index (χ4v) is 4.63. The molecule has 0 saturated carbocycles. The third-order valence-electron chi connectivity index (χ3n) is 4.81. The maximum absolute atomic E-state index is 12.5. The summed E-state index contributed by atoms with van der Waals surface area (Å²) in [7, 11) is 0. The minimum atomic E-state index is 0.0716. The number of hydrogen-bond donors (Lipinski definition) is 1. The van der Waals surface area contributed by atoms with Crippen LogP contribution < -0.4 is 5.32 Å². The van der Waals surface area contributed by atoms with Gasteiger partial charge in [-0.25, -0.2) is 9.78 Å². The molecule has 0 aromatic carbocycles. The van der Waals surface area contributed by atoms with Crippen LogP contribution in [0.15, 0.2) is 6.20 Å². The number of thiazole rings is 1. The maximum atomic E-state index is 12.5. The van der Waals surface area contributed by atoms with Crippen LogP contribution in [0.4, 0.5) is 4.79 Å². The number of urea groups is 1. The lowest BCUT2D eigenvalue weighted by Gasteiger charge is -2.32. The Labute approximate surface area is 136 Å². The predicted octanol–water partition coefficient (Wildman–Crippen LogP) is 2.61. The van der Waals surface area contributed by atoms with Crippen LogP contribution >= 0.6 is 11.3 Å². The molecule has 122 valence electrons. The minimum absolute atomic E-state index is 0.0716. The van der Waals surface area contributed by atoms with Gasteiger partial charge in [0.05, 0.1) is 11.6 Å². The van der Waals surface area contributed by atoms with Crippen LogP contribution in [0.25, 0.3) is 0 Å². The van der Waals surface area contributed by atoms with Gasteiger partial charge in [-0.3, -0.25) is 4.90 Å². The molecule has 6 heteroatoms. The fraction of sp³-hybridized carbons (Fsp3) is 0.750. The van der Waals surface area contributed by atoms with E-state index in [1.165, 1.54) is 12.8 Å². The Hall–Kier alpha value is -1.14. The van der Waals surface area contributed by atoms with Crippen molar-refractivity contribution in [2.45, 2.75) is 64.7 Å². The van der Waals surface area contributed by atoms with Gasteiger partial charge in [0, 0.05) is 42.3 Å². The third-order valence-corrected chi connectivity index (χ3v) is 5.72. The highest BCUT2D eigenvalue weighted by Gasteiger charge is 2.39. The molecule has 2 unspecified atom stereocenters. The van der Waals surface area contributed by atoms with Gasteiger partial charge in [0.2, 0.25) is 0 Å². The molecule has 2 saturated heterocycles. The first kappa shape index (κ1) is 15.7. The van der Waals surface area contributed by atoms with E-state index in [9.17, 15) is 4.79 Å². The molecule has 1 N–H and O–H groups in total. The molecule has 1 aromatic rings. The van der Waals surface area contributed by atoms with Crippen LogP contribution in [0.2, 0.25) is 0 Å². The number of aryl methyl sites for hydroxylation is 1. The standard InChI is InChI=1S/C16H26N4OS/c1-11(2)20-13-4-5-14(20)10-19(7-6-13)16(21)18-9-15-8-17-12(3)22-15/h8,11,13-14H,4-7,9-10H2,1-3H3,(H,18,21). The van der Waals surface area contributed by atoms with E-state index in [2.05, 4.69) is 29.0 Å². The Morgan fingerprint density at radius 3 is 2.86 bits per heavy atom. The Kier molecular flexibility index (Phi) is 4.68. The molecule has 2 aliphatic rings. The highest BCUT2D eigenvalue weighted by Crippen LogP contribution is 2.31. The van der Waals surface area contributed by atoms with E-state index in [0.717, 1.165) is 29.4 Å². The number of rotatable bonds is 3. The van der Waals surface area contributed by atoms with E-state index in [4.69, 9.17) is 0 Å². The molecule has 0 spiro atoms. The van der Waals surface area contributed by atoms with Gasteiger partial charge in [-0.05, 0) is 40.0 Å². The van der Waals surface area contributed by atoms with Gasteiger partial charge in [-0.1, -0.05) is 0 Å². The monoisotopic (exact) mass is 322 g/mol. The van der Waals surface area contributed by atoms with E-state index >= 15 is 0 Å². The van der Waals surface area contributed by atoms with Crippen molar-refractivity contribution in [2.75, 3.05) is 13.1 Å². The summed E-state index contributed by atoms with van der Waals surface area (Å²) in [6.45, 7) is 8.85. The zero-order valence-electron chi connectivity index (χ0n) is 13.7. The lowest BCUT2D eigenvalue weighted by molar-refractivity contribution is 0.147. The molecular weight excluding hydrogens is 296 g/mol. The molecule has 22 heavy (non-hydrogen) atoms. The fourth-order valence-electron chi connectivity index (χ4n) is 3.90. The molecule has 5 nitrogen and oxygen atoms in total. The van der Waals surface area contributed by atoms with E-state index in [1.54, 1.807) is 11.3 Å². The predicted molar refractivity (Wildman–Crippen MR) is 89.1 cm³/mol. The van der Waals surface area contributed by atoms with Crippen LogP contribution in [-0.4, -0.2) is 52.0 Å².